The molecule has 0 radical (unpaired) electrons. The summed E-state index contributed by atoms with van der Waals surface area (Å²) in [5, 5.41) is 6.58. The predicted octanol–water partition coefficient (Wildman–Crippen LogP) is 3.58. The van der Waals surface area contributed by atoms with Crippen molar-refractivity contribution in [1.82, 2.24) is 25.1 Å². The van der Waals surface area contributed by atoms with Crippen molar-refractivity contribution in [1.29, 1.82) is 0 Å². The number of carbonyl (C=O) groups is 2. The number of fused-ring (bicyclic) bond motifs is 1. The Hall–Kier alpha value is -2.09. The lowest BCUT2D eigenvalue weighted by Gasteiger charge is -2.29. The third-order valence-electron chi connectivity index (χ3n) is 5.45. The van der Waals surface area contributed by atoms with Gasteiger partial charge in [0.2, 0.25) is 5.91 Å². The molecule has 0 fully saturated rings. The van der Waals surface area contributed by atoms with E-state index in [0.29, 0.717) is 40.2 Å². The molecule has 1 aromatic carbocycles. The van der Waals surface area contributed by atoms with Crippen molar-refractivity contribution in [2.24, 2.45) is 5.41 Å². The number of amides is 2. The van der Waals surface area contributed by atoms with Crippen molar-refractivity contribution in [3.63, 3.8) is 0 Å². The van der Waals surface area contributed by atoms with Crippen LogP contribution in [-0.2, 0) is 17.9 Å². The maximum atomic E-state index is 13.4. The topological polar surface area (TPSA) is 79.3 Å². The first-order valence-electron chi connectivity index (χ1n) is 10.3. The maximum absolute atomic E-state index is 13.4. The number of rotatable bonds is 4. The molecule has 1 atom stereocenters. The molecular weight excluding hydrogens is 437 g/mol. The number of hydrogen-bond acceptors (Lipinski definition) is 4. The molecule has 1 aromatic heterocycles. The number of nitrogens with zero attached hydrogens (tertiary/aromatic N) is 3. The molecule has 0 bridgehead atoms. The van der Waals surface area contributed by atoms with Crippen LogP contribution >= 0.6 is 23.2 Å². The lowest BCUT2D eigenvalue weighted by Crippen LogP contribution is -2.53. The molecule has 0 unspecified atom stereocenters. The molecule has 0 aliphatic carbocycles. The lowest BCUT2D eigenvalue weighted by atomic mass is 9.86. The zero-order valence-corrected chi connectivity index (χ0v) is 20.1. The SMILES string of the molecule is CNC(=O)[C@@H](NC(=O)c1nc(-c2cc(Cl)ccc2Cl)n2c1CN(C)CCC2)C(C)(C)C. The number of hydrogen-bond donors (Lipinski definition) is 2. The van der Waals surface area contributed by atoms with Crippen LogP contribution in [0.25, 0.3) is 11.4 Å². The Bertz CT molecular complexity index is 997. The van der Waals surface area contributed by atoms with E-state index in [1.54, 1.807) is 25.2 Å². The molecule has 1 aliphatic rings. The summed E-state index contributed by atoms with van der Waals surface area (Å²) < 4.78 is 2.04. The largest absolute Gasteiger partial charge is 0.357 e. The summed E-state index contributed by atoms with van der Waals surface area (Å²) in [6.45, 7) is 7.89. The molecule has 9 heteroatoms. The van der Waals surface area contributed by atoms with Gasteiger partial charge in [0.05, 0.1) is 10.7 Å². The normalized spacial score (nSPS) is 15.7. The fraction of sp³-hybridized carbons (Fsp3) is 0.500. The molecule has 7 nitrogen and oxygen atoms in total. The Morgan fingerprint density at radius 3 is 2.55 bits per heavy atom. The lowest BCUT2D eigenvalue weighted by molar-refractivity contribution is -0.124. The highest BCUT2D eigenvalue weighted by Gasteiger charge is 2.34. The quantitative estimate of drug-likeness (QED) is 0.722. The zero-order valence-electron chi connectivity index (χ0n) is 18.6. The van der Waals surface area contributed by atoms with E-state index in [9.17, 15) is 9.59 Å². The minimum atomic E-state index is -0.705. The Morgan fingerprint density at radius 1 is 1.19 bits per heavy atom. The molecular formula is C22H29Cl2N5O2. The molecule has 0 spiro atoms. The van der Waals surface area contributed by atoms with Gasteiger partial charge in [-0.1, -0.05) is 44.0 Å². The summed E-state index contributed by atoms with van der Waals surface area (Å²) in [5.41, 5.74) is 1.31. The van der Waals surface area contributed by atoms with Gasteiger partial charge < -0.3 is 20.1 Å². The van der Waals surface area contributed by atoms with Crippen LogP contribution in [0, 0.1) is 5.41 Å². The average Bonchev–Trinajstić information content (AvgIpc) is 2.92. The van der Waals surface area contributed by atoms with Gasteiger partial charge in [-0.05, 0) is 43.6 Å². The third kappa shape index (κ3) is 5.05. The van der Waals surface area contributed by atoms with E-state index in [4.69, 9.17) is 28.2 Å². The summed E-state index contributed by atoms with van der Waals surface area (Å²) in [5.74, 6) is -0.0245. The minimum absolute atomic E-state index is 0.249. The molecule has 168 valence electrons. The summed E-state index contributed by atoms with van der Waals surface area (Å²) >= 11 is 12.7. The molecule has 31 heavy (non-hydrogen) atoms. The van der Waals surface area contributed by atoms with E-state index in [1.807, 2.05) is 32.4 Å². The number of likely N-dealkylation sites (N-methyl/N-ethyl adjacent to an activating group) is 1. The van der Waals surface area contributed by atoms with Crippen LogP contribution in [0.4, 0.5) is 0 Å². The Balaban J connectivity index is 2.10. The highest BCUT2D eigenvalue weighted by molar-refractivity contribution is 6.35. The summed E-state index contributed by atoms with van der Waals surface area (Å²) in [6.07, 6.45) is 0.912. The van der Waals surface area contributed by atoms with Crippen LogP contribution in [0.15, 0.2) is 18.2 Å². The van der Waals surface area contributed by atoms with E-state index < -0.39 is 11.5 Å². The van der Waals surface area contributed by atoms with Crippen LogP contribution < -0.4 is 10.6 Å². The van der Waals surface area contributed by atoms with Crippen molar-refractivity contribution in [2.45, 2.75) is 46.3 Å². The summed E-state index contributed by atoms with van der Waals surface area (Å²) in [6, 6.07) is 4.51. The number of benzene rings is 1. The summed E-state index contributed by atoms with van der Waals surface area (Å²) in [7, 11) is 3.57. The molecule has 0 saturated carbocycles. The van der Waals surface area contributed by atoms with E-state index in [2.05, 4.69) is 15.5 Å². The monoisotopic (exact) mass is 465 g/mol. The van der Waals surface area contributed by atoms with Crippen LogP contribution in [0.2, 0.25) is 10.0 Å². The van der Waals surface area contributed by atoms with Crippen molar-refractivity contribution in [3.8, 4) is 11.4 Å². The second-order valence-corrected chi connectivity index (χ2v) is 9.83. The fourth-order valence-electron chi connectivity index (χ4n) is 3.80. The molecule has 0 saturated heterocycles. The van der Waals surface area contributed by atoms with E-state index in [-0.39, 0.29) is 11.8 Å². The van der Waals surface area contributed by atoms with Gasteiger partial charge in [-0.25, -0.2) is 4.98 Å². The van der Waals surface area contributed by atoms with Gasteiger partial charge in [-0.15, -0.1) is 0 Å². The Morgan fingerprint density at radius 2 is 1.90 bits per heavy atom. The second kappa shape index (κ2) is 9.18. The van der Waals surface area contributed by atoms with Gasteiger partial charge in [0, 0.05) is 30.7 Å². The van der Waals surface area contributed by atoms with Crippen LogP contribution in [0.5, 0.6) is 0 Å². The van der Waals surface area contributed by atoms with Crippen LogP contribution in [0.3, 0.4) is 0 Å². The number of carbonyl (C=O) groups excluding carboxylic acids is 2. The number of aromatic nitrogens is 2. The van der Waals surface area contributed by atoms with Crippen molar-refractivity contribution in [2.75, 3.05) is 20.6 Å². The second-order valence-electron chi connectivity index (χ2n) is 8.98. The highest BCUT2D eigenvalue weighted by atomic mass is 35.5. The molecule has 1 aliphatic heterocycles. The standard InChI is InChI=1S/C22H29Cl2N5O2/c1-22(2,3)18(21(31)25-4)27-20(30)17-16-12-28(5)9-6-10-29(16)19(26-17)14-11-13(23)7-8-15(14)24/h7-8,11,18H,6,9-10,12H2,1-5H3,(H,25,31)(H,27,30)/t18-/m1/s1. The highest BCUT2D eigenvalue weighted by Crippen LogP contribution is 2.33. The van der Waals surface area contributed by atoms with Gasteiger partial charge in [-0.3, -0.25) is 9.59 Å². The molecule has 2 N–H and O–H groups in total. The maximum Gasteiger partial charge on any atom is 0.272 e. The summed E-state index contributed by atoms with van der Waals surface area (Å²) in [4.78, 5) is 32.7. The van der Waals surface area contributed by atoms with Gasteiger partial charge in [-0.2, -0.15) is 0 Å². The first kappa shape index (κ1) is 23.6. The predicted molar refractivity (Wildman–Crippen MR) is 123 cm³/mol. The smallest absolute Gasteiger partial charge is 0.272 e. The van der Waals surface area contributed by atoms with Gasteiger partial charge in [0.15, 0.2) is 5.69 Å². The van der Waals surface area contributed by atoms with Gasteiger partial charge >= 0.3 is 0 Å². The molecule has 2 amide bonds. The van der Waals surface area contributed by atoms with Crippen LogP contribution in [-0.4, -0.2) is 52.9 Å². The van der Waals surface area contributed by atoms with E-state index >= 15 is 0 Å². The Kier molecular flexibility index (Phi) is 6.98. The minimum Gasteiger partial charge on any atom is -0.357 e. The van der Waals surface area contributed by atoms with E-state index in [1.165, 1.54) is 0 Å². The first-order valence-corrected chi connectivity index (χ1v) is 11.0. The number of halogens is 2. The first-order chi connectivity index (χ1) is 14.5. The third-order valence-corrected chi connectivity index (χ3v) is 6.01. The van der Waals surface area contributed by atoms with Gasteiger partial charge in [0.1, 0.15) is 11.9 Å². The Labute approximate surface area is 193 Å². The molecule has 3 rings (SSSR count). The molecule has 2 aromatic rings. The average molecular weight is 466 g/mol. The van der Waals surface area contributed by atoms with Crippen LogP contribution in [0.1, 0.15) is 43.4 Å². The van der Waals surface area contributed by atoms with Crippen molar-refractivity contribution >= 4 is 35.0 Å². The number of imidazole rings is 1. The van der Waals surface area contributed by atoms with Crippen molar-refractivity contribution in [3.05, 3.63) is 39.6 Å². The van der Waals surface area contributed by atoms with Gasteiger partial charge in [0.25, 0.3) is 5.91 Å². The number of nitrogens with one attached hydrogen (secondary N) is 2. The molecule has 2 heterocycles. The fourth-order valence-corrected chi connectivity index (χ4v) is 4.17. The van der Waals surface area contributed by atoms with E-state index in [0.717, 1.165) is 18.7 Å². The van der Waals surface area contributed by atoms with Crippen molar-refractivity contribution < 1.29 is 9.59 Å². The zero-order chi connectivity index (χ0) is 22.9.